The molecular weight excluding hydrogens is 308 g/mol. The first-order valence-corrected chi connectivity index (χ1v) is 7.89. The average Bonchev–Trinajstić information content (AvgIpc) is 2.67. The summed E-state index contributed by atoms with van der Waals surface area (Å²) in [5, 5.41) is 3.32. The molecule has 0 saturated carbocycles. The molecule has 0 unspecified atom stereocenters. The van der Waals surface area contributed by atoms with Gasteiger partial charge in [0.25, 0.3) is 0 Å². The number of ether oxygens (including phenoxy) is 3. The molecule has 0 amide bonds. The number of aromatic nitrogens is 2. The van der Waals surface area contributed by atoms with Crippen LogP contribution in [0.1, 0.15) is 5.56 Å². The number of hydrogen-bond acceptors (Lipinski definition) is 7. The van der Waals surface area contributed by atoms with E-state index in [1.165, 1.54) is 0 Å². The molecular formula is C17H22N4O3. The molecule has 1 fully saturated rings. The number of nitrogens with zero attached hydrogens (tertiary/aromatic N) is 3. The molecule has 7 nitrogen and oxygen atoms in total. The van der Waals surface area contributed by atoms with Crippen molar-refractivity contribution in [3.8, 4) is 11.5 Å². The quantitative estimate of drug-likeness (QED) is 0.868. The molecule has 0 spiro atoms. The van der Waals surface area contributed by atoms with E-state index in [1.54, 1.807) is 20.5 Å². The summed E-state index contributed by atoms with van der Waals surface area (Å²) in [6, 6.07) is 7.81. The van der Waals surface area contributed by atoms with Crippen molar-refractivity contribution in [2.45, 2.75) is 6.54 Å². The van der Waals surface area contributed by atoms with Gasteiger partial charge in [-0.05, 0) is 17.7 Å². The Morgan fingerprint density at radius 1 is 1.08 bits per heavy atom. The van der Waals surface area contributed by atoms with Gasteiger partial charge in [0.15, 0.2) is 11.5 Å². The highest BCUT2D eigenvalue weighted by molar-refractivity contribution is 5.49. The Morgan fingerprint density at radius 3 is 2.62 bits per heavy atom. The molecule has 1 saturated heterocycles. The van der Waals surface area contributed by atoms with Crippen LogP contribution in [0.15, 0.2) is 30.6 Å². The smallest absolute Gasteiger partial charge is 0.161 e. The normalized spacial score (nSPS) is 14.3. The summed E-state index contributed by atoms with van der Waals surface area (Å²) in [4.78, 5) is 10.8. The molecule has 1 N–H and O–H groups in total. The number of benzene rings is 1. The second kappa shape index (κ2) is 7.83. The highest BCUT2D eigenvalue weighted by atomic mass is 16.5. The van der Waals surface area contributed by atoms with Crippen molar-refractivity contribution in [1.29, 1.82) is 0 Å². The Hall–Kier alpha value is -2.54. The summed E-state index contributed by atoms with van der Waals surface area (Å²) in [7, 11) is 3.26. The van der Waals surface area contributed by atoms with Crippen LogP contribution < -0.4 is 19.7 Å². The first-order chi connectivity index (χ1) is 11.8. The summed E-state index contributed by atoms with van der Waals surface area (Å²) in [6.07, 6.45) is 1.59. The Balaban J connectivity index is 1.66. The van der Waals surface area contributed by atoms with Gasteiger partial charge >= 0.3 is 0 Å². The molecule has 2 heterocycles. The van der Waals surface area contributed by atoms with Crippen molar-refractivity contribution in [2.75, 3.05) is 50.7 Å². The van der Waals surface area contributed by atoms with E-state index in [4.69, 9.17) is 14.2 Å². The van der Waals surface area contributed by atoms with Crippen molar-refractivity contribution >= 4 is 11.6 Å². The average molecular weight is 330 g/mol. The Labute approximate surface area is 141 Å². The number of rotatable bonds is 6. The van der Waals surface area contributed by atoms with Crippen LogP contribution in [0.25, 0.3) is 0 Å². The van der Waals surface area contributed by atoms with Crippen molar-refractivity contribution < 1.29 is 14.2 Å². The van der Waals surface area contributed by atoms with E-state index >= 15 is 0 Å². The lowest BCUT2D eigenvalue weighted by Crippen LogP contribution is -2.36. The number of morpholine rings is 1. The molecule has 1 aromatic carbocycles. The maximum absolute atomic E-state index is 5.37. The van der Waals surface area contributed by atoms with Crippen LogP contribution in [0.3, 0.4) is 0 Å². The van der Waals surface area contributed by atoms with Crippen LogP contribution in [0.2, 0.25) is 0 Å². The molecule has 0 bridgehead atoms. The summed E-state index contributed by atoms with van der Waals surface area (Å²) in [5.41, 5.74) is 1.08. The van der Waals surface area contributed by atoms with Gasteiger partial charge in [-0.25, -0.2) is 9.97 Å². The second-order valence-corrected chi connectivity index (χ2v) is 5.40. The predicted octanol–water partition coefficient (Wildman–Crippen LogP) is 1.94. The predicted molar refractivity (Wildman–Crippen MR) is 91.9 cm³/mol. The second-order valence-electron chi connectivity index (χ2n) is 5.40. The minimum Gasteiger partial charge on any atom is -0.493 e. The molecule has 0 aliphatic carbocycles. The molecule has 0 radical (unpaired) electrons. The van der Waals surface area contributed by atoms with Crippen molar-refractivity contribution in [3.63, 3.8) is 0 Å². The third-order valence-electron chi connectivity index (χ3n) is 3.91. The fourth-order valence-electron chi connectivity index (χ4n) is 2.59. The lowest BCUT2D eigenvalue weighted by Gasteiger charge is -2.27. The fraction of sp³-hybridized carbons (Fsp3) is 0.412. The number of hydrogen-bond donors (Lipinski definition) is 1. The van der Waals surface area contributed by atoms with Gasteiger partial charge in [0.1, 0.15) is 18.0 Å². The highest BCUT2D eigenvalue weighted by Gasteiger charge is 2.13. The van der Waals surface area contributed by atoms with Crippen molar-refractivity contribution in [2.24, 2.45) is 0 Å². The molecule has 2 aromatic rings. The van der Waals surface area contributed by atoms with Crippen LogP contribution in [-0.4, -0.2) is 50.5 Å². The zero-order valence-corrected chi connectivity index (χ0v) is 14.0. The minimum atomic E-state index is 0.639. The lowest BCUT2D eigenvalue weighted by molar-refractivity contribution is 0.122. The molecule has 128 valence electrons. The van der Waals surface area contributed by atoms with Crippen LogP contribution in [0, 0.1) is 0 Å². The van der Waals surface area contributed by atoms with Gasteiger partial charge < -0.3 is 24.4 Å². The molecule has 0 atom stereocenters. The highest BCUT2D eigenvalue weighted by Crippen LogP contribution is 2.27. The van der Waals surface area contributed by atoms with Gasteiger partial charge in [-0.1, -0.05) is 6.07 Å². The van der Waals surface area contributed by atoms with Gasteiger partial charge in [-0.3, -0.25) is 0 Å². The van der Waals surface area contributed by atoms with Crippen molar-refractivity contribution in [1.82, 2.24) is 9.97 Å². The van der Waals surface area contributed by atoms with E-state index in [2.05, 4.69) is 20.2 Å². The van der Waals surface area contributed by atoms with Crippen molar-refractivity contribution in [3.05, 3.63) is 36.2 Å². The topological polar surface area (TPSA) is 68.7 Å². The first-order valence-electron chi connectivity index (χ1n) is 7.89. The first kappa shape index (κ1) is 16.3. The molecule has 24 heavy (non-hydrogen) atoms. The van der Waals surface area contributed by atoms with E-state index in [9.17, 15) is 0 Å². The third kappa shape index (κ3) is 3.86. The van der Waals surface area contributed by atoms with Crippen LogP contribution >= 0.6 is 0 Å². The molecule has 7 heteroatoms. The SMILES string of the molecule is COc1ccc(CNc2cc(N3CCOCC3)ncn2)cc1OC. The minimum absolute atomic E-state index is 0.639. The van der Waals surface area contributed by atoms with E-state index in [0.717, 1.165) is 49.3 Å². The van der Waals surface area contributed by atoms with Gasteiger partial charge in [-0.2, -0.15) is 0 Å². The molecule has 1 aliphatic heterocycles. The van der Waals surface area contributed by atoms with Gasteiger partial charge in [-0.15, -0.1) is 0 Å². The zero-order chi connectivity index (χ0) is 16.8. The lowest BCUT2D eigenvalue weighted by atomic mass is 10.2. The monoisotopic (exact) mass is 330 g/mol. The van der Waals surface area contributed by atoms with E-state index < -0.39 is 0 Å². The Morgan fingerprint density at radius 2 is 1.88 bits per heavy atom. The van der Waals surface area contributed by atoms with E-state index in [1.807, 2.05) is 24.3 Å². The standard InChI is InChI=1S/C17H22N4O3/c1-22-14-4-3-13(9-15(14)23-2)11-18-16-10-17(20-12-19-16)21-5-7-24-8-6-21/h3-4,9-10,12H,5-8,11H2,1-2H3,(H,18,19,20). The summed E-state index contributed by atoms with van der Waals surface area (Å²) in [6.45, 7) is 3.81. The maximum atomic E-state index is 5.37. The van der Waals surface area contributed by atoms with Gasteiger partial charge in [0, 0.05) is 25.7 Å². The summed E-state index contributed by atoms with van der Waals surface area (Å²) in [5.74, 6) is 3.15. The van der Waals surface area contributed by atoms with Crippen LogP contribution in [0.4, 0.5) is 11.6 Å². The number of methoxy groups -OCH3 is 2. The zero-order valence-electron chi connectivity index (χ0n) is 14.0. The maximum Gasteiger partial charge on any atom is 0.161 e. The summed E-state index contributed by atoms with van der Waals surface area (Å²) < 4.78 is 16.0. The fourth-order valence-corrected chi connectivity index (χ4v) is 2.59. The Kier molecular flexibility index (Phi) is 5.32. The number of anilines is 2. The Bertz CT molecular complexity index is 675. The molecule has 1 aliphatic rings. The summed E-state index contributed by atoms with van der Waals surface area (Å²) >= 11 is 0. The third-order valence-corrected chi connectivity index (χ3v) is 3.91. The van der Waals surface area contributed by atoms with Gasteiger partial charge in [0.05, 0.1) is 27.4 Å². The van der Waals surface area contributed by atoms with Crippen LogP contribution in [-0.2, 0) is 11.3 Å². The van der Waals surface area contributed by atoms with E-state index in [0.29, 0.717) is 12.3 Å². The largest absolute Gasteiger partial charge is 0.493 e. The number of nitrogens with one attached hydrogen (secondary N) is 1. The molecule has 3 rings (SSSR count). The molecule has 1 aromatic heterocycles. The van der Waals surface area contributed by atoms with E-state index in [-0.39, 0.29) is 0 Å². The van der Waals surface area contributed by atoms with Crippen LogP contribution in [0.5, 0.6) is 11.5 Å². The van der Waals surface area contributed by atoms with Gasteiger partial charge in [0.2, 0.25) is 0 Å².